The van der Waals surface area contributed by atoms with E-state index in [9.17, 15) is 4.79 Å². The maximum absolute atomic E-state index is 12.2. The summed E-state index contributed by atoms with van der Waals surface area (Å²) < 4.78 is 5.94. The highest BCUT2D eigenvalue weighted by atomic mass is 16.5. The third-order valence-corrected chi connectivity index (χ3v) is 6.51. The van der Waals surface area contributed by atoms with E-state index in [2.05, 4.69) is 47.4 Å². The Morgan fingerprint density at radius 2 is 1.93 bits per heavy atom. The summed E-state index contributed by atoms with van der Waals surface area (Å²) in [5.74, 6) is 1.33. The molecule has 0 unspecified atom stereocenters. The SMILES string of the molecule is CN1CCC(C(=O)NCCCOc2cccc(CN(C)C3CCCCC3)c2)CC1. The lowest BCUT2D eigenvalue weighted by Gasteiger charge is -2.31. The number of nitrogens with zero attached hydrogens (tertiary/aromatic N) is 2. The number of likely N-dealkylation sites (tertiary alicyclic amines) is 1. The fourth-order valence-corrected chi connectivity index (χ4v) is 4.56. The normalized spacial score (nSPS) is 19.4. The van der Waals surface area contributed by atoms with Crippen molar-refractivity contribution in [2.24, 2.45) is 5.92 Å². The zero-order chi connectivity index (χ0) is 20.5. The van der Waals surface area contributed by atoms with E-state index in [1.807, 2.05) is 6.07 Å². The summed E-state index contributed by atoms with van der Waals surface area (Å²) in [6.45, 7) is 4.35. The number of carbonyl (C=O) groups excluding carboxylic acids is 1. The summed E-state index contributed by atoms with van der Waals surface area (Å²) in [6, 6.07) is 9.19. The van der Waals surface area contributed by atoms with Crippen LogP contribution in [-0.2, 0) is 11.3 Å². The summed E-state index contributed by atoms with van der Waals surface area (Å²) >= 11 is 0. The van der Waals surface area contributed by atoms with Crippen LogP contribution in [0.15, 0.2) is 24.3 Å². The number of benzene rings is 1. The van der Waals surface area contributed by atoms with Crippen molar-refractivity contribution < 1.29 is 9.53 Å². The highest BCUT2D eigenvalue weighted by Gasteiger charge is 2.22. The molecule has 1 aliphatic heterocycles. The van der Waals surface area contributed by atoms with Crippen molar-refractivity contribution in [3.05, 3.63) is 29.8 Å². The number of carbonyl (C=O) groups is 1. The van der Waals surface area contributed by atoms with E-state index in [0.717, 1.165) is 50.7 Å². The molecular formula is C24H39N3O2. The van der Waals surface area contributed by atoms with Crippen molar-refractivity contribution in [1.29, 1.82) is 0 Å². The maximum Gasteiger partial charge on any atom is 0.223 e. The summed E-state index contributed by atoms with van der Waals surface area (Å²) in [5.41, 5.74) is 1.31. The molecule has 5 nitrogen and oxygen atoms in total. The molecule has 0 spiro atoms. The van der Waals surface area contributed by atoms with E-state index in [4.69, 9.17) is 4.74 Å². The van der Waals surface area contributed by atoms with Gasteiger partial charge in [0.25, 0.3) is 0 Å². The van der Waals surface area contributed by atoms with Crippen molar-refractivity contribution in [1.82, 2.24) is 15.1 Å². The third kappa shape index (κ3) is 7.31. The zero-order valence-corrected chi connectivity index (χ0v) is 18.4. The molecule has 1 amide bonds. The van der Waals surface area contributed by atoms with Gasteiger partial charge in [-0.2, -0.15) is 0 Å². The summed E-state index contributed by atoms with van der Waals surface area (Å²) in [5, 5.41) is 3.08. The van der Waals surface area contributed by atoms with Gasteiger partial charge in [-0.1, -0.05) is 31.4 Å². The molecule has 1 N–H and O–H groups in total. The minimum Gasteiger partial charge on any atom is -0.494 e. The fraction of sp³-hybridized carbons (Fsp3) is 0.708. The van der Waals surface area contributed by atoms with Gasteiger partial charge >= 0.3 is 0 Å². The number of hydrogen-bond acceptors (Lipinski definition) is 4. The van der Waals surface area contributed by atoms with Gasteiger partial charge < -0.3 is 15.0 Å². The second-order valence-electron chi connectivity index (χ2n) is 8.92. The Bertz CT molecular complexity index is 622. The number of hydrogen-bond donors (Lipinski definition) is 1. The summed E-state index contributed by atoms with van der Waals surface area (Å²) in [7, 11) is 4.37. The van der Waals surface area contributed by atoms with Crippen LogP contribution in [0.5, 0.6) is 5.75 Å². The van der Waals surface area contributed by atoms with Crippen molar-refractivity contribution in [3.63, 3.8) is 0 Å². The lowest BCUT2D eigenvalue weighted by molar-refractivity contribution is -0.126. The van der Waals surface area contributed by atoms with Crippen molar-refractivity contribution in [2.75, 3.05) is 40.3 Å². The molecule has 1 aromatic rings. The van der Waals surface area contributed by atoms with Gasteiger partial charge in [0.15, 0.2) is 0 Å². The van der Waals surface area contributed by atoms with Crippen LogP contribution in [0.3, 0.4) is 0 Å². The average Bonchev–Trinajstić information content (AvgIpc) is 2.75. The molecule has 0 aromatic heterocycles. The molecule has 29 heavy (non-hydrogen) atoms. The predicted molar refractivity (Wildman–Crippen MR) is 118 cm³/mol. The van der Waals surface area contributed by atoms with Gasteiger partial charge in [0.05, 0.1) is 6.61 Å². The Kier molecular flexibility index (Phi) is 8.81. The van der Waals surface area contributed by atoms with Gasteiger partial charge in [0.2, 0.25) is 5.91 Å². The number of piperidine rings is 1. The summed E-state index contributed by atoms with van der Waals surface area (Å²) in [6.07, 6.45) is 9.57. The standard InChI is InChI=1S/C24H39N3O2/c1-26-15-12-21(13-16-26)24(28)25-14-7-17-29-23-11-6-8-20(18-23)19-27(2)22-9-4-3-5-10-22/h6,8,11,18,21-22H,3-5,7,9-10,12-17,19H2,1-2H3,(H,25,28). The van der Waals surface area contributed by atoms with E-state index >= 15 is 0 Å². The Balaban J connectivity index is 1.33. The molecule has 0 radical (unpaired) electrons. The van der Waals surface area contributed by atoms with Crippen molar-refractivity contribution in [2.45, 2.75) is 64.0 Å². The number of rotatable bonds is 9. The molecule has 3 rings (SSSR count). The van der Waals surface area contributed by atoms with Crippen LogP contribution < -0.4 is 10.1 Å². The van der Waals surface area contributed by atoms with E-state index in [1.54, 1.807) is 0 Å². The van der Waals surface area contributed by atoms with E-state index in [0.29, 0.717) is 13.2 Å². The molecule has 2 aliphatic rings. The first-order chi connectivity index (χ1) is 14.1. The molecule has 1 saturated carbocycles. The number of ether oxygens (including phenoxy) is 1. The average molecular weight is 402 g/mol. The third-order valence-electron chi connectivity index (χ3n) is 6.51. The van der Waals surface area contributed by atoms with Gasteiger partial charge in [-0.3, -0.25) is 9.69 Å². The van der Waals surface area contributed by atoms with Crippen LogP contribution >= 0.6 is 0 Å². The van der Waals surface area contributed by atoms with E-state index < -0.39 is 0 Å². The van der Waals surface area contributed by atoms with Gasteiger partial charge in [-0.15, -0.1) is 0 Å². The number of amides is 1. The minimum atomic E-state index is 0.185. The van der Waals surface area contributed by atoms with Gasteiger partial charge in [-0.25, -0.2) is 0 Å². The smallest absolute Gasteiger partial charge is 0.223 e. The molecule has 5 heteroatoms. The Morgan fingerprint density at radius 1 is 1.17 bits per heavy atom. The Hall–Kier alpha value is -1.59. The number of nitrogens with one attached hydrogen (secondary N) is 1. The first kappa shape index (κ1) is 22.1. The van der Waals surface area contributed by atoms with Crippen LogP contribution in [0.4, 0.5) is 0 Å². The van der Waals surface area contributed by atoms with Crippen LogP contribution in [0.25, 0.3) is 0 Å². The van der Waals surface area contributed by atoms with Crippen molar-refractivity contribution in [3.8, 4) is 5.75 Å². The highest BCUT2D eigenvalue weighted by Crippen LogP contribution is 2.23. The quantitative estimate of drug-likeness (QED) is 0.641. The molecule has 1 aliphatic carbocycles. The fourth-order valence-electron chi connectivity index (χ4n) is 4.56. The van der Waals surface area contributed by atoms with Crippen LogP contribution in [0.2, 0.25) is 0 Å². The second-order valence-corrected chi connectivity index (χ2v) is 8.92. The highest BCUT2D eigenvalue weighted by molar-refractivity contribution is 5.78. The largest absolute Gasteiger partial charge is 0.494 e. The predicted octanol–water partition coefficient (Wildman–Crippen LogP) is 3.68. The van der Waals surface area contributed by atoms with E-state index in [-0.39, 0.29) is 11.8 Å². The van der Waals surface area contributed by atoms with Crippen LogP contribution in [0.1, 0.15) is 56.9 Å². The van der Waals surface area contributed by atoms with Gasteiger partial charge in [-0.05, 0) is 77.0 Å². The Morgan fingerprint density at radius 3 is 2.69 bits per heavy atom. The first-order valence-corrected chi connectivity index (χ1v) is 11.5. The van der Waals surface area contributed by atoms with E-state index in [1.165, 1.54) is 37.7 Å². The van der Waals surface area contributed by atoms with Crippen molar-refractivity contribution >= 4 is 5.91 Å². The molecule has 1 aromatic carbocycles. The molecule has 162 valence electrons. The molecule has 0 atom stereocenters. The van der Waals surface area contributed by atoms with Crippen LogP contribution in [0, 0.1) is 5.92 Å². The molecule has 1 saturated heterocycles. The summed E-state index contributed by atoms with van der Waals surface area (Å²) in [4.78, 5) is 17.0. The van der Waals surface area contributed by atoms with Gasteiger partial charge in [0, 0.05) is 25.0 Å². The zero-order valence-electron chi connectivity index (χ0n) is 18.4. The molecule has 1 heterocycles. The second kappa shape index (κ2) is 11.6. The molecule has 2 fully saturated rings. The van der Waals surface area contributed by atoms with Crippen LogP contribution in [-0.4, -0.2) is 62.1 Å². The topological polar surface area (TPSA) is 44.8 Å². The molecule has 0 bridgehead atoms. The lowest BCUT2D eigenvalue weighted by Crippen LogP contribution is -2.39. The maximum atomic E-state index is 12.2. The first-order valence-electron chi connectivity index (χ1n) is 11.5. The lowest BCUT2D eigenvalue weighted by atomic mass is 9.94. The minimum absolute atomic E-state index is 0.185. The monoisotopic (exact) mass is 401 g/mol. The Labute approximate surface area is 176 Å². The molecular weight excluding hydrogens is 362 g/mol. The van der Waals surface area contributed by atoms with Gasteiger partial charge in [0.1, 0.15) is 5.75 Å².